The molecule has 0 fully saturated rings. The molecule has 0 atom stereocenters. The third-order valence-electron chi connectivity index (χ3n) is 2.98. The van der Waals surface area contributed by atoms with Crippen molar-refractivity contribution in [2.24, 2.45) is 5.10 Å². The number of ether oxygens (including phenoxy) is 3. The van der Waals surface area contributed by atoms with Crippen molar-refractivity contribution >= 4 is 12.3 Å². The van der Waals surface area contributed by atoms with Gasteiger partial charge < -0.3 is 14.2 Å². The summed E-state index contributed by atoms with van der Waals surface area (Å²) in [4.78, 5) is 10.9. The number of nitrogens with zero attached hydrogens (tertiary/aromatic N) is 1. The molecule has 0 aliphatic heterocycles. The van der Waals surface area contributed by atoms with E-state index >= 15 is 0 Å². The molecule has 6 heteroatoms. The van der Waals surface area contributed by atoms with Gasteiger partial charge in [-0.25, -0.2) is 10.2 Å². The average molecular weight is 314 g/mol. The number of carbonyl (C=O) groups is 1. The molecule has 0 saturated heterocycles. The molecule has 0 unspecified atom stereocenters. The summed E-state index contributed by atoms with van der Waals surface area (Å²) >= 11 is 0. The van der Waals surface area contributed by atoms with Crippen LogP contribution in [0.1, 0.15) is 11.1 Å². The lowest BCUT2D eigenvalue weighted by atomic mass is 10.2. The Kier molecular flexibility index (Phi) is 5.99. The first-order valence-corrected chi connectivity index (χ1v) is 6.94. The molecule has 2 aromatic rings. The van der Waals surface area contributed by atoms with Gasteiger partial charge in [0.2, 0.25) is 0 Å². The topological polar surface area (TPSA) is 69.2 Å². The van der Waals surface area contributed by atoms with Crippen LogP contribution in [0.15, 0.2) is 53.6 Å². The van der Waals surface area contributed by atoms with Crippen LogP contribution in [0.4, 0.5) is 4.79 Å². The molecule has 0 aromatic heterocycles. The summed E-state index contributed by atoms with van der Waals surface area (Å²) in [6.45, 7) is 0.429. The van der Waals surface area contributed by atoms with Crippen molar-refractivity contribution in [1.82, 2.24) is 5.43 Å². The van der Waals surface area contributed by atoms with Crippen LogP contribution in [0.2, 0.25) is 0 Å². The number of benzene rings is 2. The van der Waals surface area contributed by atoms with E-state index in [0.29, 0.717) is 18.1 Å². The second kappa shape index (κ2) is 8.43. The zero-order valence-electron chi connectivity index (χ0n) is 13.0. The summed E-state index contributed by atoms with van der Waals surface area (Å²) in [7, 11) is 2.85. The lowest BCUT2D eigenvalue weighted by Gasteiger charge is -2.11. The Hall–Kier alpha value is -3.02. The van der Waals surface area contributed by atoms with E-state index in [9.17, 15) is 4.79 Å². The molecular formula is C17H18N2O4. The lowest BCUT2D eigenvalue weighted by Crippen LogP contribution is -2.16. The zero-order chi connectivity index (χ0) is 16.5. The molecule has 0 aliphatic carbocycles. The van der Waals surface area contributed by atoms with Gasteiger partial charge in [0.1, 0.15) is 6.61 Å². The van der Waals surface area contributed by atoms with Gasteiger partial charge in [0.15, 0.2) is 11.5 Å². The van der Waals surface area contributed by atoms with Gasteiger partial charge in [0.05, 0.1) is 20.4 Å². The van der Waals surface area contributed by atoms with Gasteiger partial charge in [-0.05, 0) is 29.3 Å². The smallest absolute Gasteiger partial charge is 0.427 e. The van der Waals surface area contributed by atoms with E-state index in [1.807, 2.05) is 30.3 Å². The summed E-state index contributed by atoms with van der Waals surface area (Å²) in [5.41, 5.74) is 4.03. The fourth-order valence-corrected chi connectivity index (χ4v) is 1.83. The number of hydrogen-bond donors (Lipinski definition) is 1. The van der Waals surface area contributed by atoms with Gasteiger partial charge in [-0.15, -0.1) is 0 Å². The Labute approximate surface area is 134 Å². The Morgan fingerprint density at radius 1 is 1.13 bits per heavy atom. The summed E-state index contributed by atoms with van der Waals surface area (Å²) in [5.74, 6) is 1.22. The standard InChI is InChI=1S/C17H18N2O4/c1-21-15-9-8-14(11-18-19-17(20)22-2)10-16(15)23-12-13-6-4-3-5-7-13/h3-11H,12H2,1-2H3,(H,19,20)/b18-11-. The lowest BCUT2D eigenvalue weighted by molar-refractivity contribution is 0.171. The van der Waals surface area contributed by atoms with Gasteiger partial charge >= 0.3 is 6.09 Å². The molecule has 0 bridgehead atoms. The second-order valence-electron chi connectivity index (χ2n) is 4.55. The Morgan fingerprint density at radius 2 is 1.91 bits per heavy atom. The van der Waals surface area contributed by atoms with E-state index in [0.717, 1.165) is 11.1 Å². The third kappa shape index (κ3) is 5.03. The molecule has 2 aromatic carbocycles. The van der Waals surface area contributed by atoms with Gasteiger partial charge in [-0.2, -0.15) is 5.10 Å². The van der Waals surface area contributed by atoms with Crippen molar-refractivity contribution in [1.29, 1.82) is 0 Å². The second-order valence-corrected chi connectivity index (χ2v) is 4.55. The van der Waals surface area contributed by atoms with E-state index in [1.54, 1.807) is 25.3 Å². The first kappa shape index (κ1) is 16.4. The number of hydrogen-bond acceptors (Lipinski definition) is 5. The Bertz CT molecular complexity index is 672. The highest BCUT2D eigenvalue weighted by Crippen LogP contribution is 2.28. The predicted molar refractivity (Wildman–Crippen MR) is 86.9 cm³/mol. The summed E-state index contributed by atoms with van der Waals surface area (Å²) in [6.07, 6.45) is 0.862. The van der Waals surface area contributed by atoms with Crippen molar-refractivity contribution in [3.63, 3.8) is 0 Å². The van der Waals surface area contributed by atoms with Crippen LogP contribution in [-0.2, 0) is 11.3 Å². The maximum absolute atomic E-state index is 10.9. The van der Waals surface area contributed by atoms with Gasteiger partial charge in [-0.1, -0.05) is 30.3 Å². The molecule has 0 radical (unpaired) electrons. The molecule has 0 saturated carbocycles. The Balaban J connectivity index is 2.07. The molecule has 0 aliphatic rings. The number of methoxy groups -OCH3 is 2. The minimum Gasteiger partial charge on any atom is -0.493 e. The van der Waals surface area contributed by atoms with Crippen molar-refractivity contribution in [3.05, 3.63) is 59.7 Å². The largest absolute Gasteiger partial charge is 0.493 e. The monoisotopic (exact) mass is 314 g/mol. The molecule has 120 valence electrons. The predicted octanol–water partition coefficient (Wildman–Crippen LogP) is 2.96. The maximum atomic E-state index is 10.9. The Morgan fingerprint density at radius 3 is 2.61 bits per heavy atom. The van der Waals surface area contributed by atoms with Gasteiger partial charge in [0.25, 0.3) is 0 Å². The molecule has 0 spiro atoms. The molecule has 1 N–H and O–H groups in total. The van der Waals surface area contributed by atoms with Crippen molar-refractivity contribution in [3.8, 4) is 11.5 Å². The summed E-state index contributed by atoms with van der Waals surface area (Å²) in [6, 6.07) is 15.2. The minimum atomic E-state index is -0.629. The molecule has 0 heterocycles. The summed E-state index contributed by atoms with van der Waals surface area (Å²) in [5, 5.41) is 3.78. The third-order valence-corrected chi connectivity index (χ3v) is 2.98. The zero-order valence-corrected chi connectivity index (χ0v) is 13.0. The summed E-state index contributed by atoms with van der Waals surface area (Å²) < 4.78 is 15.5. The number of hydrazone groups is 1. The van der Waals surface area contributed by atoms with Gasteiger partial charge in [0, 0.05) is 0 Å². The van der Waals surface area contributed by atoms with Crippen LogP contribution in [-0.4, -0.2) is 26.5 Å². The van der Waals surface area contributed by atoms with E-state index in [-0.39, 0.29) is 0 Å². The number of rotatable bonds is 6. The minimum absolute atomic E-state index is 0.429. The van der Waals surface area contributed by atoms with Crippen molar-refractivity contribution in [2.75, 3.05) is 14.2 Å². The highest BCUT2D eigenvalue weighted by atomic mass is 16.5. The molecule has 1 amide bonds. The van der Waals surface area contributed by atoms with Crippen molar-refractivity contribution < 1.29 is 19.0 Å². The fraction of sp³-hybridized carbons (Fsp3) is 0.176. The number of carbonyl (C=O) groups excluding carboxylic acids is 1. The van der Waals surface area contributed by atoms with E-state index < -0.39 is 6.09 Å². The molecule has 23 heavy (non-hydrogen) atoms. The van der Waals surface area contributed by atoms with Crippen LogP contribution in [0.3, 0.4) is 0 Å². The van der Waals surface area contributed by atoms with E-state index in [2.05, 4.69) is 15.3 Å². The van der Waals surface area contributed by atoms with Crippen LogP contribution < -0.4 is 14.9 Å². The molecule has 6 nitrogen and oxygen atoms in total. The number of nitrogens with one attached hydrogen (secondary N) is 1. The van der Waals surface area contributed by atoms with Crippen LogP contribution in [0, 0.1) is 0 Å². The first-order chi connectivity index (χ1) is 11.2. The van der Waals surface area contributed by atoms with E-state index in [1.165, 1.54) is 13.3 Å². The SMILES string of the molecule is COC(=O)N/N=C\c1ccc(OC)c(OCc2ccccc2)c1. The molecular weight excluding hydrogens is 296 g/mol. The maximum Gasteiger partial charge on any atom is 0.427 e. The van der Waals surface area contributed by atoms with Crippen LogP contribution in [0.5, 0.6) is 11.5 Å². The average Bonchev–Trinajstić information content (AvgIpc) is 2.60. The fourth-order valence-electron chi connectivity index (χ4n) is 1.83. The highest BCUT2D eigenvalue weighted by molar-refractivity contribution is 5.82. The highest BCUT2D eigenvalue weighted by Gasteiger charge is 2.06. The normalized spacial score (nSPS) is 10.3. The van der Waals surface area contributed by atoms with E-state index in [4.69, 9.17) is 9.47 Å². The van der Waals surface area contributed by atoms with Gasteiger partial charge in [-0.3, -0.25) is 0 Å². The van der Waals surface area contributed by atoms with Crippen LogP contribution in [0.25, 0.3) is 0 Å². The van der Waals surface area contributed by atoms with Crippen molar-refractivity contribution in [2.45, 2.75) is 6.61 Å². The van der Waals surface area contributed by atoms with Crippen LogP contribution >= 0.6 is 0 Å². The first-order valence-electron chi connectivity index (χ1n) is 6.94. The quantitative estimate of drug-likeness (QED) is 0.657. The molecule has 2 rings (SSSR count). The number of amides is 1.